The minimum atomic E-state index is -3.78. The molecule has 0 bridgehead atoms. The highest BCUT2D eigenvalue weighted by atomic mass is 32.2. The summed E-state index contributed by atoms with van der Waals surface area (Å²) in [4.78, 5) is -0.0318. The third-order valence-electron chi connectivity index (χ3n) is 2.48. The van der Waals surface area contributed by atoms with Crippen LogP contribution in [0.1, 0.15) is 0 Å². The van der Waals surface area contributed by atoms with Crippen molar-refractivity contribution in [1.82, 2.24) is 0 Å². The van der Waals surface area contributed by atoms with E-state index in [1.807, 2.05) is 0 Å². The topological polar surface area (TPSA) is 117 Å². The molecule has 0 radical (unpaired) electrons. The first-order valence-corrected chi connectivity index (χ1v) is 7.10. The number of hydrogen-bond donors (Lipinski definition) is 3. The Balaban J connectivity index is 2.82. The molecule has 0 spiro atoms. The van der Waals surface area contributed by atoms with Gasteiger partial charge >= 0.3 is 0 Å². The number of nitrogens with one attached hydrogen (secondary N) is 1. The number of nitrogen functional groups attached to an aromatic ring is 1. The lowest BCUT2D eigenvalue weighted by atomic mass is 10.2. The number of primary sulfonamides is 1. The number of ether oxygens (including phenoxy) is 2. The van der Waals surface area contributed by atoms with Crippen LogP contribution in [-0.2, 0) is 19.5 Å². The molecule has 5 N–H and O–H groups in total. The smallest absolute Gasteiger partial charge is 0.238 e. The first-order valence-electron chi connectivity index (χ1n) is 5.55. The van der Waals surface area contributed by atoms with Crippen LogP contribution in [0.4, 0.5) is 11.4 Å². The zero-order valence-corrected chi connectivity index (χ0v) is 11.7. The first-order chi connectivity index (χ1) is 8.86. The van der Waals surface area contributed by atoms with Crippen LogP contribution >= 0.6 is 0 Å². The zero-order chi connectivity index (χ0) is 14.5. The van der Waals surface area contributed by atoms with Gasteiger partial charge in [-0.15, -0.1) is 0 Å². The van der Waals surface area contributed by atoms with Gasteiger partial charge in [0.05, 0.1) is 17.6 Å². The average molecular weight is 289 g/mol. The van der Waals surface area contributed by atoms with Gasteiger partial charge in [-0.25, -0.2) is 13.6 Å². The van der Waals surface area contributed by atoms with Crippen molar-refractivity contribution in [1.29, 1.82) is 0 Å². The molecule has 1 aromatic rings. The van der Waals surface area contributed by atoms with Crippen molar-refractivity contribution in [3.05, 3.63) is 18.2 Å². The molecule has 108 valence electrons. The number of nitrogens with two attached hydrogens (primary N) is 2. The second-order valence-corrected chi connectivity index (χ2v) is 5.59. The Labute approximate surface area is 112 Å². The molecule has 0 aromatic heterocycles. The van der Waals surface area contributed by atoms with E-state index >= 15 is 0 Å². The quantitative estimate of drug-likeness (QED) is 0.608. The van der Waals surface area contributed by atoms with Crippen molar-refractivity contribution in [3.8, 4) is 0 Å². The third-order valence-corrected chi connectivity index (χ3v) is 3.37. The van der Waals surface area contributed by atoms with Gasteiger partial charge in [0.25, 0.3) is 0 Å². The molecule has 0 amide bonds. The van der Waals surface area contributed by atoms with Crippen LogP contribution in [0, 0.1) is 0 Å². The van der Waals surface area contributed by atoms with Gasteiger partial charge in [-0.3, -0.25) is 0 Å². The van der Waals surface area contributed by atoms with Crippen LogP contribution in [0.25, 0.3) is 0 Å². The molecule has 0 saturated carbocycles. The SMILES string of the molecule is COCC(CNc1cc(N)cc(S(N)(=O)=O)c1)OC. The number of benzene rings is 1. The average Bonchev–Trinajstić information content (AvgIpc) is 2.32. The minimum absolute atomic E-state index is 0.0318. The molecule has 8 heteroatoms. The summed E-state index contributed by atoms with van der Waals surface area (Å²) in [7, 11) is -0.633. The summed E-state index contributed by atoms with van der Waals surface area (Å²) in [5.74, 6) is 0. The fraction of sp³-hybridized carbons (Fsp3) is 0.455. The summed E-state index contributed by atoms with van der Waals surface area (Å²) in [5, 5.41) is 8.10. The van der Waals surface area contributed by atoms with E-state index in [2.05, 4.69) is 5.32 Å². The number of sulfonamides is 1. The molecular formula is C11H19N3O4S. The molecule has 0 aliphatic heterocycles. The summed E-state index contributed by atoms with van der Waals surface area (Å²) in [6.45, 7) is 0.881. The molecule has 0 aliphatic carbocycles. The summed E-state index contributed by atoms with van der Waals surface area (Å²) >= 11 is 0. The van der Waals surface area contributed by atoms with Gasteiger partial charge in [0.2, 0.25) is 10.0 Å². The molecule has 0 heterocycles. The van der Waals surface area contributed by atoms with Crippen molar-refractivity contribution >= 4 is 21.4 Å². The van der Waals surface area contributed by atoms with E-state index in [9.17, 15) is 8.42 Å². The van der Waals surface area contributed by atoms with Crippen LogP contribution < -0.4 is 16.2 Å². The molecular weight excluding hydrogens is 270 g/mol. The second kappa shape index (κ2) is 6.71. The molecule has 1 unspecified atom stereocenters. The highest BCUT2D eigenvalue weighted by Crippen LogP contribution is 2.19. The van der Waals surface area contributed by atoms with Crippen molar-refractivity contribution < 1.29 is 17.9 Å². The maximum Gasteiger partial charge on any atom is 0.238 e. The number of rotatable bonds is 7. The highest BCUT2D eigenvalue weighted by molar-refractivity contribution is 7.89. The van der Waals surface area contributed by atoms with E-state index in [-0.39, 0.29) is 11.0 Å². The van der Waals surface area contributed by atoms with Gasteiger partial charge in [0.15, 0.2) is 0 Å². The fourth-order valence-corrected chi connectivity index (χ4v) is 2.11. The summed E-state index contributed by atoms with van der Waals surface area (Å²) < 4.78 is 32.7. The van der Waals surface area contributed by atoms with Crippen LogP contribution in [0.5, 0.6) is 0 Å². The van der Waals surface area contributed by atoms with Gasteiger partial charge in [-0.1, -0.05) is 0 Å². The van der Waals surface area contributed by atoms with Gasteiger partial charge in [0.1, 0.15) is 0 Å². The molecule has 0 saturated heterocycles. The summed E-state index contributed by atoms with van der Waals surface area (Å²) in [6, 6.07) is 4.35. The van der Waals surface area contributed by atoms with Gasteiger partial charge in [0, 0.05) is 32.1 Å². The molecule has 1 aromatic carbocycles. The lowest BCUT2D eigenvalue weighted by molar-refractivity contribution is 0.0365. The number of hydrogen-bond acceptors (Lipinski definition) is 6. The largest absolute Gasteiger partial charge is 0.399 e. The lowest BCUT2D eigenvalue weighted by Crippen LogP contribution is -2.26. The Kier molecular flexibility index (Phi) is 5.55. The Morgan fingerprint density at radius 2 is 2.00 bits per heavy atom. The van der Waals surface area contributed by atoms with Crippen molar-refractivity contribution in [3.63, 3.8) is 0 Å². The van der Waals surface area contributed by atoms with E-state index < -0.39 is 10.0 Å². The maximum atomic E-state index is 11.3. The highest BCUT2D eigenvalue weighted by Gasteiger charge is 2.11. The predicted octanol–water partition coefficient (Wildman–Crippen LogP) is -0.0105. The van der Waals surface area contributed by atoms with Crippen molar-refractivity contribution in [2.75, 3.05) is 38.4 Å². The third kappa shape index (κ3) is 5.03. The Hall–Kier alpha value is -1.35. The van der Waals surface area contributed by atoms with Gasteiger partial charge in [-0.2, -0.15) is 0 Å². The van der Waals surface area contributed by atoms with Crippen molar-refractivity contribution in [2.45, 2.75) is 11.0 Å². The number of anilines is 2. The van der Waals surface area contributed by atoms with Crippen LogP contribution in [-0.4, -0.2) is 41.9 Å². The molecule has 1 atom stereocenters. The Morgan fingerprint density at radius 3 is 2.53 bits per heavy atom. The van der Waals surface area contributed by atoms with Crippen LogP contribution in [0.15, 0.2) is 23.1 Å². The monoisotopic (exact) mass is 289 g/mol. The lowest BCUT2D eigenvalue weighted by Gasteiger charge is -2.16. The van der Waals surface area contributed by atoms with E-state index in [0.717, 1.165) is 0 Å². The first kappa shape index (κ1) is 15.7. The molecule has 0 aliphatic rings. The van der Waals surface area contributed by atoms with Gasteiger partial charge in [-0.05, 0) is 18.2 Å². The molecule has 19 heavy (non-hydrogen) atoms. The van der Waals surface area contributed by atoms with Gasteiger partial charge < -0.3 is 20.5 Å². The van der Waals surface area contributed by atoms with E-state index in [1.54, 1.807) is 20.3 Å². The summed E-state index contributed by atoms with van der Waals surface area (Å²) in [6.07, 6.45) is -0.149. The number of methoxy groups -OCH3 is 2. The standard InChI is InChI=1S/C11H19N3O4S/c1-17-7-10(18-2)6-14-9-3-8(12)4-11(5-9)19(13,15)16/h3-5,10,14H,6-7,12H2,1-2H3,(H2,13,15,16). The Morgan fingerprint density at radius 1 is 1.32 bits per heavy atom. The predicted molar refractivity (Wildman–Crippen MR) is 73.4 cm³/mol. The zero-order valence-electron chi connectivity index (χ0n) is 10.9. The molecule has 0 fully saturated rings. The van der Waals surface area contributed by atoms with Crippen LogP contribution in [0.3, 0.4) is 0 Å². The molecule has 7 nitrogen and oxygen atoms in total. The molecule has 1 rings (SSSR count). The minimum Gasteiger partial charge on any atom is -0.399 e. The van der Waals surface area contributed by atoms with Crippen molar-refractivity contribution in [2.24, 2.45) is 5.14 Å². The van der Waals surface area contributed by atoms with E-state index in [4.69, 9.17) is 20.3 Å². The van der Waals surface area contributed by atoms with E-state index in [0.29, 0.717) is 24.5 Å². The summed E-state index contributed by atoms with van der Waals surface area (Å²) in [5.41, 5.74) is 6.51. The van der Waals surface area contributed by atoms with Crippen LogP contribution in [0.2, 0.25) is 0 Å². The van der Waals surface area contributed by atoms with E-state index in [1.165, 1.54) is 12.1 Å². The normalized spacial score (nSPS) is 13.2. The second-order valence-electron chi connectivity index (χ2n) is 4.03. The Bertz CT molecular complexity index is 519. The fourth-order valence-electron chi connectivity index (χ4n) is 1.52. The maximum absolute atomic E-state index is 11.3.